The number of nitriles is 1. The summed E-state index contributed by atoms with van der Waals surface area (Å²) >= 11 is 5.84. The number of nitrogens with zero attached hydrogens (tertiary/aromatic N) is 1. The van der Waals surface area contributed by atoms with Gasteiger partial charge in [0, 0.05) is 5.69 Å². The summed E-state index contributed by atoms with van der Waals surface area (Å²) in [6, 6.07) is 6.69. The number of benzene rings is 1. The van der Waals surface area contributed by atoms with E-state index >= 15 is 0 Å². The summed E-state index contributed by atoms with van der Waals surface area (Å²) < 4.78 is 5.01. The van der Waals surface area contributed by atoms with E-state index in [0.717, 1.165) is 0 Å². The molecule has 1 N–H and O–H groups in total. The first-order valence-electron chi connectivity index (χ1n) is 4.70. The molecule has 0 unspecified atom stereocenters. The van der Waals surface area contributed by atoms with Gasteiger partial charge in [-0.2, -0.15) is 5.26 Å². The molecule has 1 aliphatic heterocycles. The molecule has 1 aromatic rings. The predicted molar refractivity (Wildman–Crippen MR) is 59.2 cm³/mol. The zero-order valence-electron chi connectivity index (χ0n) is 8.58. The zero-order valence-corrected chi connectivity index (χ0v) is 9.34. The topological polar surface area (TPSA) is 65.4 Å². The molecule has 1 saturated heterocycles. The third kappa shape index (κ3) is 2.01. The molecule has 0 saturated carbocycles. The molecule has 1 heterocycles. The summed E-state index contributed by atoms with van der Waals surface area (Å²) in [7, 11) is 0. The van der Waals surface area contributed by atoms with Crippen LogP contribution in [-0.2, 0) is 9.53 Å². The van der Waals surface area contributed by atoms with Crippen molar-refractivity contribution in [3.05, 3.63) is 28.8 Å². The highest BCUT2D eigenvalue weighted by atomic mass is 35.5. The van der Waals surface area contributed by atoms with Crippen LogP contribution in [0.1, 0.15) is 12.5 Å². The number of carbonyl (C=O) groups is 1. The summed E-state index contributed by atoms with van der Waals surface area (Å²) in [5.74, 6) is -0.201. The Kier molecular flexibility index (Phi) is 2.58. The number of amides is 1. The molecule has 0 aliphatic carbocycles. The van der Waals surface area contributed by atoms with Crippen molar-refractivity contribution in [3.8, 4) is 6.07 Å². The Morgan fingerprint density at radius 3 is 2.88 bits per heavy atom. The number of anilines is 1. The summed E-state index contributed by atoms with van der Waals surface area (Å²) in [5.41, 5.74) is 0.236. The molecule has 4 nitrogen and oxygen atoms in total. The van der Waals surface area contributed by atoms with E-state index in [-0.39, 0.29) is 5.91 Å². The number of epoxide rings is 1. The number of ether oxygens (including phenoxy) is 1. The smallest absolute Gasteiger partial charge is 0.258 e. The fraction of sp³-hybridized carbons (Fsp3) is 0.273. The van der Waals surface area contributed by atoms with Crippen LogP contribution in [0.2, 0.25) is 5.02 Å². The number of halogens is 1. The minimum Gasteiger partial charge on any atom is -0.359 e. The van der Waals surface area contributed by atoms with Gasteiger partial charge < -0.3 is 10.1 Å². The maximum absolute atomic E-state index is 11.6. The number of hydrogen-bond donors (Lipinski definition) is 1. The van der Waals surface area contributed by atoms with Crippen LogP contribution in [0, 0.1) is 11.3 Å². The van der Waals surface area contributed by atoms with Gasteiger partial charge in [-0.05, 0) is 25.1 Å². The van der Waals surface area contributed by atoms with Gasteiger partial charge in [-0.1, -0.05) is 11.6 Å². The second-order valence-corrected chi connectivity index (χ2v) is 4.19. The van der Waals surface area contributed by atoms with Gasteiger partial charge in [-0.15, -0.1) is 0 Å². The Morgan fingerprint density at radius 2 is 2.38 bits per heavy atom. The average molecular weight is 237 g/mol. The van der Waals surface area contributed by atoms with Gasteiger partial charge in [0.15, 0.2) is 5.60 Å². The van der Waals surface area contributed by atoms with E-state index in [0.29, 0.717) is 22.9 Å². The van der Waals surface area contributed by atoms with Gasteiger partial charge in [0.1, 0.15) is 6.07 Å². The van der Waals surface area contributed by atoms with Crippen molar-refractivity contribution in [1.29, 1.82) is 5.26 Å². The van der Waals surface area contributed by atoms with E-state index in [4.69, 9.17) is 21.6 Å². The van der Waals surface area contributed by atoms with Crippen LogP contribution in [0.3, 0.4) is 0 Å². The lowest BCUT2D eigenvalue weighted by molar-refractivity contribution is -0.120. The Balaban J connectivity index is 2.14. The fourth-order valence-corrected chi connectivity index (χ4v) is 1.41. The van der Waals surface area contributed by atoms with Crippen LogP contribution >= 0.6 is 11.6 Å². The van der Waals surface area contributed by atoms with Crippen LogP contribution in [0.4, 0.5) is 5.69 Å². The van der Waals surface area contributed by atoms with Gasteiger partial charge in [0.2, 0.25) is 0 Å². The third-order valence-corrected chi connectivity index (χ3v) is 2.72. The van der Waals surface area contributed by atoms with Gasteiger partial charge in [0.25, 0.3) is 5.91 Å². The largest absolute Gasteiger partial charge is 0.359 e. The lowest BCUT2D eigenvalue weighted by Gasteiger charge is -2.08. The highest BCUT2D eigenvalue weighted by molar-refractivity contribution is 6.32. The highest BCUT2D eigenvalue weighted by Crippen LogP contribution is 2.28. The number of nitrogens with one attached hydrogen (secondary N) is 1. The molecule has 0 radical (unpaired) electrons. The molecular formula is C11H9ClN2O2. The zero-order chi connectivity index (χ0) is 11.8. The van der Waals surface area contributed by atoms with Crippen LogP contribution in [0.15, 0.2) is 18.2 Å². The molecule has 1 fully saturated rings. The van der Waals surface area contributed by atoms with Crippen LogP contribution < -0.4 is 5.32 Å². The Morgan fingerprint density at radius 1 is 1.69 bits per heavy atom. The van der Waals surface area contributed by atoms with E-state index in [1.165, 1.54) is 0 Å². The van der Waals surface area contributed by atoms with Crippen molar-refractivity contribution in [1.82, 2.24) is 0 Å². The van der Waals surface area contributed by atoms with E-state index < -0.39 is 5.60 Å². The van der Waals surface area contributed by atoms with Crippen molar-refractivity contribution < 1.29 is 9.53 Å². The first-order valence-corrected chi connectivity index (χ1v) is 5.08. The van der Waals surface area contributed by atoms with E-state index in [9.17, 15) is 4.79 Å². The molecule has 0 bridgehead atoms. The minimum absolute atomic E-state index is 0.201. The van der Waals surface area contributed by atoms with Crippen molar-refractivity contribution in [2.24, 2.45) is 0 Å². The molecule has 1 atom stereocenters. The molecule has 1 aliphatic rings. The summed E-state index contributed by atoms with van der Waals surface area (Å²) in [6.07, 6.45) is 0. The van der Waals surface area contributed by atoms with Crippen LogP contribution in [0.25, 0.3) is 0 Å². The molecule has 0 aromatic heterocycles. The number of hydrogen-bond acceptors (Lipinski definition) is 3. The first-order chi connectivity index (χ1) is 7.55. The number of rotatable bonds is 2. The second-order valence-electron chi connectivity index (χ2n) is 3.78. The SMILES string of the molecule is C[C@]1(C(=O)Nc2ccc(C#N)c(Cl)c2)CO1. The van der Waals surface area contributed by atoms with Gasteiger partial charge >= 0.3 is 0 Å². The maximum Gasteiger partial charge on any atom is 0.258 e. The van der Waals surface area contributed by atoms with Crippen molar-refractivity contribution in [2.75, 3.05) is 11.9 Å². The Labute approximate surface area is 97.8 Å². The molecule has 1 amide bonds. The Bertz CT molecular complexity index is 489. The minimum atomic E-state index is -0.708. The summed E-state index contributed by atoms with van der Waals surface area (Å²) in [4.78, 5) is 11.6. The van der Waals surface area contributed by atoms with E-state index in [1.807, 2.05) is 6.07 Å². The van der Waals surface area contributed by atoms with Crippen LogP contribution in [-0.4, -0.2) is 18.1 Å². The molecule has 1 aromatic carbocycles. The lowest BCUT2D eigenvalue weighted by atomic mass is 10.1. The van der Waals surface area contributed by atoms with E-state index in [2.05, 4.69) is 5.32 Å². The summed E-state index contributed by atoms with van der Waals surface area (Å²) in [5, 5.41) is 11.7. The van der Waals surface area contributed by atoms with Crippen molar-refractivity contribution in [2.45, 2.75) is 12.5 Å². The quantitative estimate of drug-likeness (QED) is 0.798. The molecule has 5 heteroatoms. The fourth-order valence-electron chi connectivity index (χ4n) is 1.19. The number of carbonyl (C=O) groups excluding carboxylic acids is 1. The van der Waals surface area contributed by atoms with Gasteiger partial charge in [-0.25, -0.2) is 0 Å². The summed E-state index contributed by atoms with van der Waals surface area (Å²) in [6.45, 7) is 2.15. The monoisotopic (exact) mass is 236 g/mol. The van der Waals surface area contributed by atoms with Gasteiger partial charge in [-0.3, -0.25) is 4.79 Å². The highest BCUT2D eigenvalue weighted by Gasteiger charge is 2.47. The third-order valence-electron chi connectivity index (χ3n) is 2.41. The Hall–Kier alpha value is -1.57. The molecular weight excluding hydrogens is 228 g/mol. The van der Waals surface area contributed by atoms with Crippen molar-refractivity contribution in [3.63, 3.8) is 0 Å². The van der Waals surface area contributed by atoms with Gasteiger partial charge in [0.05, 0.1) is 17.2 Å². The lowest BCUT2D eigenvalue weighted by Crippen LogP contribution is -2.28. The first kappa shape index (κ1) is 10.9. The van der Waals surface area contributed by atoms with E-state index in [1.54, 1.807) is 25.1 Å². The molecule has 82 valence electrons. The molecule has 2 rings (SSSR count). The average Bonchev–Trinajstić information content (AvgIpc) is 2.98. The van der Waals surface area contributed by atoms with Crippen molar-refractivity contribution >= 4 is 23.2 Å². The second kappa shape index (κ2) is 3.78. The predicted octanol–water partition coefficient (Wildman–Crippen LogP) is 1.94. The maximum atomic E-state index is 11.6. The normalized spacial score (nSPS) is 22.3. The van der Waals surface area contributed by atoms with Crippen LogP contribution in [0.5, 0.6) is 0 Å². The standard InChI is InChI=1S/C11H9ClN2O2/c1-11(6-16-11)10(15)14-8-3-2-7(5-13)9(12)4-8/h2-4H,6H2,1H3,(H,14,15)/t11-/m1/s1. The molecule has 16 heavy (non-hydrogen) atoms. The molecule has 0 spiro atoms.